The third kappa shape index (κ3) is 3.21. The van der Waals surface area contributed by atoms with E-state index < -0.39 is 0 Å². The molecule has 0 amide bonds. The fraction of sp³-hybridized carbons (Fsp3) is 0.238. The molecule has 0 fully saturated rings. The van der Waals surface area contributed by atoms with Crippen LogP contribution in [0.5, 0.6) is 0 Å². The summed E-state index contributed by atoms with van der Waals surface area (Å²) < 4.78 is 5.23. The molecule has 0 aliphatic heterocycles. The Bertz CT molecular complexity index is 1070. The van der Waals surface area contributed by atoms with Gasteiger partial charge in [-0.2, -0.15) is 5.26 Å². The number of nitrogens with one attached hydrogen (secondary N) is 2. The topological polar surface area (TPSA) is 125 Å². The van der Waals surface area contributed by atoms with E-state index in [1.807, 2.05) is 18.2 Å². The first-order valence-corrected chi connectivity index (χ1v) is 9.09. The van der Waals surface area contributed by atoms with E-state index >= 15 is 0 Å². The second-order valence-corrected chi connectivity index (χ2v) is 7.06. The molecule has 1 aliphatic rings. The van der Waals surface area contributed by atoms with E-state index in [9.17, 15) is 0 Å². The van der Waals surface area contributed by atoms with E-state index in [0.29, 0.717) is 28.5 Å². The number of hydrogen-bond acceptors (Lipinski definition) is 7. The highest BCUT2D eigenvalue weighted by Crippen LogP contribution is 2.36. The molecule has 4 N–H and O–H groups in total. The molecule has 0 spiro atoms. The SMILES string of the molecule is CC1CCc2cc(C#N)cnc2C1Nc1ccc(N)c(C(=N)c2cnco2)c1. The lowest BCUT2D eigenvalue weighted by Gasteiger charge is -2.32. The number of rotatable bonds is 4. The number of nitrogens with zero attached hydrogens (tertiary/aromatic N) is 3. The number of fused-ring (bicyclic) bond motifs is 1. The summed E-state index contributed by atoms with van der Waals surface area (Å²) in [4.78, 5) is 8.43. The summed E-state index contributed by atoms with van der Waals surface area (Å²) in [6.07, 6.45) is 6.35. The van der Waals surface area contributed by atoms with Gasteiger partial charge in [0.1, 0.15) is 11.8 Å². The summed E-state index contributed by atoms with van der Waals surface area (Å²) in [6, 6.07) is 9.64. The Morgan fingerprint density at radius 3 is 2.96 bits per heavy atom. The van der Waals surface area contributed by atoms with Crippen molar-refractivity contribution in [3.05, 3.63) is 71.2 Å². The molecule has 28 heavy (non-hydrogen) atoms. The van der Waals surface area contributed by atoms with Crippen molar-refractivity contribution in [2.45, 2.75) is 25.8 Å². The molecule has 2 heterocycles. The van der Waals surface area contributed by atoms with Gasteiger partial charge in [-0.1, -0.05) is 6.92 Å². The van der Waals surface area contributed by atoms with Crippen LogP contribution in [-0.2, 0) is 6.42 Å². The molecule has 4 rings (SSSR count). The highest BCUT2D eigenvalue weighted by molar-refractivity contribution is 6.12. The zero-order chi connectivity index (χ0) is 19.7. The maximum Gasteiger partial charge on any atom is 0.181 e. The second-order valence-electron chi connectivity index (χ2n) is 7.06. The van der Waals surface area contributed by atoms with E-state index in [1.54, 1.807) is 12.3 Å². The summed E-state index contributed by atoms with van der Waals surface area (Å²) >= 11 is 0. The number of aryl methyl sites for hydroxylation is 1. The van der Waals surface area contributed by atoms with Crippen molar-refractivity contribution in [1.29, 1.82) is 10.7 Å². The van der Waals surface area contributed by atoms with Gasteiger partial charge in [0.2, 0.25) is 0 Å². The molecule has 2 aromatic heterocycles. The minimum Gasteiger partial charge on any atom is -0.442 e. The Morgan fingerprint density at radius 1 is 1.36 bits per heavy atom. The van der Waals surface area contributed by atoms with Gasteiger partial charge in [0, 0.05) is 23.1 Å². The van der Waals surface area contributed by atoms with Crippen molar-refractivity contribution in [3.8, 4) is 6.07 Å². The van der Waals surface area contributed by atoms with Crippen molar-refractivity contribution < 1.29 is 4.42 Å². The van der Waals surface area contributed by atoms with Gasteiger partial charge < -0.3 is 15.5 Å². The molecule has 2 unspecified atom stereocenters. The molecular weight excluding hydrogens is 352 g/mol. The molecule has 140 valence electrons. The van der Waals surface area contributed by atoms with E-state index in [4.69, 9.17) is 20.8 Å². The Morgan fingerprint density at radius 2 is 2.21 bits per heavy atom. The van der Waals surface area contributed by atoms with Crippen LogP contribution in [0.2, 0.25) is 0 Å². The number of pyridine rings is 1. The number of nitrogens with two attached hydrogens (primary N) is 1. The lowest BCUT2D eigenvalue weighted by Crippen LogP contribution is -2.26. The lowest BCUT2D eigenvalue weighted by atomic mass is 9.83. The van der Waals surface area contributed by atoms with Crippen LogP contribution in [0.1, 0.15) is 47.5 Å². The van der Waals surface area contributed by atoms with Gasteiger partial charge in [-0.05, 0) is 48.6 Å². The third-order valence-corrected chi connectivity index (χ3v) is 5.19. The van der Waals surface area contributed by atoms with Crippen molar-refractivity contribution in [2.24, 2.45) is 5.92 Å². The smallest absolute Gasteiger partial charge is 0.181 e. The second kappa shape index (κ2) is 7.16. The largest absolute Gasteiger partial charge is 0.442 e. The maximum atomic E-state index is 9.13. The Hall–Kier alpha value is -3.66. The van der Waals surface area contributed by atoms with Crippen LogP contribution in [0, 0.1) is 22.7 Å². The van der Waals surface area contributed by atoms with E-state index in [0.717, 1.165) is 29.8 Å². The van der Waals surface area contributed by atoms with Gasteiger partial charge in [-0.3, -0.25) is 10.4 Å². The van der Waals surface area contributed by atoms with Crippen molar-refractivity contribution in [2.75, 3.05) is 11.1 Å². The first-order chi connectivity index (χ1) is 13.6. The molecule has 2 atom stereocenters. The van der Waals surface area contributed by atoms with Crippen LogP contribution >= 0.6 is 0 Å². The van der Waals surface area contributed by atoms with Crippen molar-refractivity contribution in [3.63, 3.8) is 0 Å². The summed E-state index contributed by atoms with van der Waals surface area (Å²) in [5.74, 6) is 0.744. The number of benzene rings is 1. The fourth-order valence-corrected chi connectivity index (χ4v) is 3.61. The van der Waals surface area contributed by atoms with Crippen LogP contribution in [0.15, 0.2) is 47.5 Å². The Labute approximate surface area is 162 Å². The Kier molecular flexibility index (Phi) is 4.53. The zero-order valence-electron chi connectivity index (χ0n) is 15.4. The summed E-state index contributed by atoms with van der Waals surface area (Å²) in [6.45, 7) is 2.19. The average Bonchev–Trinajstić information content (AvgIpc) is 3.25. The van der Waals surface area contributed by atoms with E-state index in [2.05, 4.69) is 28.3 Å². The highest BCUT2D eigenvalue weighted by Gasteiger charge is 2.28. The third-order valence-electron chi connectivity index (χ3n) is 5.19. The number of nitriles is 1. The van der Waals surface area contributed by atoms with Crippen molar-refractivity contribution >= 4 is 17.1 Å². The number of anilines is 2. The van der Waals surface area contributed by atoms with Gasteiger partial charge in [0.25, 0.3) is 0 Å². The molecule has 1 aliphatic carbocycles. The quantitative estimate of drug-likeness (QED) is 0.474. The molecular formula is C21H20N6O. The van der Waals surface area contributed by atoms with Crippen LogP contribution in [0.25, 0.3) is 0 Å². The van der Waals surface area contributed by atoms with Gasteiger partial charge in [-0.25, -0.2) is 4.98 Å². The van der Waals surface area contributed by atoms with E-state index in [-0.39, 0.29) is 11.8 Å². The van der Waals surface area contributed by atoms with E-state index in [1.165, 1.54) is 12.6 Å². The fourth-order valence-electron chi connectivity index (χ4n) is 3.61. The predicted molar refractivity (Wildman–Crippen MR) is 106 cm³/mol. The first-order valence-electron chi connectivity index (χ1n) is 9.09. The summed E-state index contributed by atoms with van der Waals surface area (Å²) in [7, 11) is 0. The molecule has 1 aromatic carbocycles. The standard InChI is InChI=1S/C21H20N6O/c1-12-2-3-14-6-13(8-22)9-26-21(14)20(12)27-15-4-5-17(23)16(7-15)19(24)18-10-25-11-28-18/h4-7,9-12,20,24,27H,2-3,23H2,1H3. The van der Waals surface area contributed by atoms with Crippen molar-refractivity contribution in [1.82, 2.24) is 9.97 Å². The summed E-state index contributed by atoms with van der Waals surface area (Å²) in [5.41, 5.74) is 10.9. The molecule has 7 nitrogen and oxygen atoms in total. The monoisotopic (exact) mass is 372 g/mol. The highest BCUT2D eigenvalue weighted by atomic mass is 16.3. The van der Waals surface area contributed by atoms with Gasteiger partial charge in [-0.15, -0.1) is 0 Å². The Balaban J connectivity index is 1.66. The minimum atomic E-state index is 0.0208. The average molecular weight is 372 g/mol. The van der Waals surface area contributed by atoms with Crippen LogP contribution in [0.4, 0.5) is 11.4 Å². The molecule has 3 aromatic rings. The molecule has 7 heteroatoms. The number of aromatic nitrogens is 2. The van der Waals surface area contributed by atoms with Gasteiger partial charge in [0.15, 0.2) is 12.2 Å². The minimum absolute atomic E-state index is 0.0208. The normalized spacial score (nSPS) is 18.1. The molecule has 0 saturated heterocycles. The van der Waals surface area contributed by atoms with Crippen LogP contribution < -0.4 is 11.1 Å². The maximum absolute atomic E-state index is 9.13. The first kappa shape index (κ1) is 17.7. The number of nitrogen functional groups attached to an aromatic ring is 1. The molecule has 0 radical (unpaired) electrons. The molecule has 0 bridgehead atoms. The van der Waals surface area contributed by atoms with Crippen LogP contribution in [0.3, 0.4) is 0 Å². The zero-order valence-corrected chi connectivity index (χ0v) is 15.4. The number of oxazole rings is 1. The van der Waals surface area contributed by atoms with Gasteiger partial charge in [0.05, 0.1) is 23.5 Å². The van der Waals surface area contributed by atoms with Crippen LogP contribution in [-0.4, -0.2) is 15.7 Å². The molecule has 0 saturated carbocycles. The predicted octanol–water partition coefficient (Wildman–Crippen LogP) is 3.68. The summed E-state index contributed by atoms with van der Waals surface area (Å²) in [5, 5.41) is 21.0. The van der Waals surface area contributed by atoms with Gasteiger partial charge >= 0.3 is 0 Å². The lowest BCUT2D eigenvalue weighted by molar-refractivity contribution is 0.425. The number of hydrogen-bond donors (Lipinski definition) is 3.